The first kappa shape index (κ1) is 23.1. The normalized spacial score (nSPS) is 12.7. The van der Waals surface area contributed by atoms with Crippen LogP contribution < -0.4 is 10.5 Å². The molecular formula is C26H23F3N2O. The number of methoxy groups -OCH3 is 1. The lowest BCUT2D eigenvalue weighted by Crippen LogP contribution is -2.12. The molecule has 0 saturated carbocycles. The number of nitrogens with two attached hydrogens (primary N) is 1. The Balaban J connectivity index is 1.91. The van der Waals surface area contributed by atoms with Gasteiger partial charge in [0.2, 0.25) is 0 Å². The summed E-state index contributed by atoms with van der Waals surface area (Å²) in [6, 6.07) is 20.2. The van der Waals surface area contributed by atoms with Gasteiger partial charge >= 0.3 is 6.18 Å². The van der Waals surface area contributed by atoms with Gasteiger partial charge in [0.25, 0.3) is 0 Å². The van der Waals surface area contributed by atoms with Gasteiger partial charge in [-0.15, -0.1) is 0 Å². The second-order valence-electron chi connectivity index (χ2n) is 7.22. The highest BCUT2D eigenvalue weighted by Crippen LogP contribution is 2.32. The van der Waals surface area contributed by atoms with E-state index in [2.05, 4.69) is 10.9 Å². The minimum atomic E-state index is -4.57. The molecule has 0 aliphatic carbocycles. The number of rotatable bonds is 5. The van der Waals surface area contributed by atoms with Crippen LogP contribution in [0.2, 0.25) is 0 Å². The summed E-state index contributed by atoms with van der Waals surface area (Å²) in [5.41, 5.74) is 11.5. The van der Waals surface area contributed by atoms with Gasteiger partial charge in [-0.25, -0.2) is 0 Å². The molecule has 0 aliphatic heterocycles. The first-order valence-electron chi connectivity index (χ1n) is 9.93. The van der Waals surface area contributed by atoms with Crippen LogP contribution in [0, 0.1) is 18.8 Å². The van der Waals surface area contributed by atoms with E-state index in [0.717, 1.165) is 28.0 Å². The molecule has 3 aromatic rings. The summed E-state index contributed by atoms with van der Waals surface area (Å²) < 4.78 is 43.0. The van der Waals surface area contributed by atoms with Crippen LogP contribution in [-0.2, 0) is 0 Å². The number of alkyl halides is 3. The van der Waals surface area contributed by atoms with Crippen LogP contribution in [0.25, 0.3) is 11.1 Å². The lowest BCUT2D eigenvalue weighted by Gasteiger charge is -2.14. The number of hydrogen-bond acceptors (Lipinski definition) is 3. The molecule has 164 valence electrons. The van der Waals surface area contributed by atoms with E-state index in [1.807, 2.05) is 56.3 Å². The van der Waals surface area contributed by atoms with Gasteiger partial charge in [-0.2, -0.15) is 13.2 Å². The van der Waals surface area contributed by atoms with Crippen molar-refractivity contribution in [3.05, 3.63) is 89.0 Å². The quantitative estimate of drug-likeness (QED) is 0.391. The highest BCUT2D eigenvalue weighted by molar-refractivity contribution is 5.99. The molecule has 0 aliphatic rings. The van der Waals surface area contributed by atoms with Crippen molar-refractivity contribution in [2.24, 2.45) is 10.7 Å². The van der Waals surface area contributed by atoms with Crippen molar-refractivity contribution >= 4 is 5.71 Å². The molecule has 0 radical (unpaired) electrons. The SMILES string of the molecule is COc1ccccc1-c1ccc(/C(C)=N/C(N)c2ccccc2C#CC(F)(F)F)cc1C. The van der Waals surface area contributed by atoms with Crippen molar-refractivity contribution < 1.29 is 17.9 Å². The molecule has 0 fully saturated rings. The third-order valence-electron chi connectivity index (χ3n) is 4.99. The Labute approximate surface area is 185 Å². The highest BCUT2D eigenvalue weighted by Gasteiger charge is 2.23. The molecule has 0 spiro atoms. The van der Waals surface area contributed by atoms with Crippen molar-refractivity contribution in [3.63, 3.8) is 0 Å². The summed E-state index contributed by atoms with van der Waals surface area (Å²) >= 11 is 0. The van der Waals surface area contributed by atoms with Crippen LogP contribution in [0.4, 0.5) is 13.2 Å². The summed E-state index contributed by atoms with van der Waals surface area (Å²) in [5.74, 6) is 4.23. The molecule has 0 aromatic heterocycles. The number of aryl methyl sites for hydroxylation is 1. The van der Waals surface area contributed by atoms with Gasteiger partial charge in [-0.05, 0) is 48.7 Å². The van der Waals surface area contributed by atoms with Crippen molar-refractivity contribution in [1.29, 1.82) is 0 Å². The number of benzene rings is 3. The lowest BCUT2D eigenvalue weighted by atomic mass is 9.96. The van der Waals surface area contributed by atoms with Gasteiger partial charge in [0.05, 0.1) is 7.11 Å². The van der Waals surface area contributed by atoms with Gasteiger partial charge in [0.1, 0.15) is 11.9 Å². The van der Waals surface area contributed by atoms with Crippen molar-refractivity contribution in [1.82, 2.24) is 0 Å². The predicted molar refractivity (Wildman–Crippen MR) is 122 cm³/mol. The molecule has 3 nitrogen and oxygen atoms in total. The third-order valence-corrected chi connectivity index (χ3v) is 4.99. The van der Waals surface area contributed by atoms with E-state index in [1.54, 1.807) is 25.3 Å². The second kappa shape index (κ2) is 9.71. The summed E-state index contributed by atoms with van der Waals surface area (Å²) in [6.45, 7) is 3.82. The molecule has 2 N–H and O–H groups in total. The topological polar surface area (TPSA) is 47.6 Å². The summed E-state index contributed by atoms with van der Waals surface area (Å²) in [5, 5.41) is 0. The molecule has 32 heavy (non-hydrogen) atoms. The molecule has 0 bridgehead atoms. The lowest BCUT2D eigenvalue weighted by molar-refractivity contribution is -0.0696. The standard InChI is InChI=1S/C26H23F3N2O/c1-17-16-20(12-13-21(17)23-10-6-7-11-24(23)32-3)18(2)31-25(30)22-9-5-4-8-19(22)14-15-26(27,28)29/h4-13,16,25H,30H2,1-3H3/b31-18+. The van der Waals surface area contributed by atoms with Gasteiger partial charge in [-0.1, -0.05) is 54.5 Å². The van der Waals surface area contributed by atoms with E-state index in [0.29, 0.717) is 11.3 Å². The van der Waals surface area contributed by atoms with E-state index < -0.39 is 12.3 Å². The molecule has 1 atom stereocenters. The maximum atomic E-state index is 12.5. The summed E-state index contributed by atoms with van der Waals surface area (Å²) in [4.78, 5) is 4.52. The van der Waals surface area contributed by atoms with E-state index in [-0.39, 0.29) is 5.56 Å². The Bertz CT molecular complexity index is 1200. The number of nitrogens with zero attached hydrogens (tertiary/aromatic N) is 1. The fraction of sp³-hybridized carbons (Fsp3) is 0.192. The van der Waals surface area contributed by atoms with E-state index in [9.17, 15) is 13.2 Å². The zero-order valence-electron chi connectivity index (χ0n) is 18.0. The Morgan fingerprint density at radius 2 is 1.69 bits per heavy atom. The predicted octanol–water partition coefficient (Wildman–Crippen LogP) is 6.05. The minimum absolute atomic E-state index is 0.205. The van der Waals surface area contributed by atoms with Crippen LogP contribution in [0.3, 0.4) is 0 Å². The monoisotopic (exact) mass is 436 g/mol. The third kappa shape index (κ3) is 5.57. The number of halogens is 3. The van der Waals surface area contributed by atoms with Crippen LogP contribution >= 0.6 is 0 Å². The fourth-order valence-electron chi connectivity index (χ4n) is 3.42. The highest BCUT2D eigenvalue weighted by atomic mass is 19.4. The second-order valence-corrected chi connectivity index (χ2v) is 7.22. The van der Waals surface area contributed by atoms with Crippen molar-refractivity contribution in [2.45, 2.75) is 26.2 Å². The van der Waals surface area contributed by atoms with Gasteiger partial charge in [-0.3, -0.25) is 4.99 Å². The fourth-order valence-corrected chi connectivity index (χ4v) is 3.42. The molecule has 6 heteroatoms. The number of ether oxygens (including phenoxy) is 1. The molecule has 0 saturated heterocycles. The molecule has 3 aromatic carbocycles. The van der Waals surface area contributed by atoms with Gasteiger partial charge < -0.3 is 10.5 Å². The average molecular weight is 436 g/mol. The summed E-state index contributed by atoms with van der Waals surface area (Å²) in [7, 11) is 1.64. The smallest absolute Gasteiger partial charge is 0.458 e. The number of para-hydroxylation sites is 1. The van der Waals surface area contributed by atoms with E-state index in [4.69, 9.17) is 10.5 Å². The Morgan fingerprint density at radius 3 is 2.38 bits per heavy atom. The Kier molecular flexibility index (Phi) is 7.01. The van der Waals surface area contributed by atoms with Crippen molar-refractivity contribution in [2.75, 3.05) is 7.11 Å². The van der Waals surface area contributed by atoms with Crippen LogP contribution in [-0.4, -0.2) is 19.0 Å². The van der Waals surface area contributed by atoms with Crippen LogP contribution in [0.15, 0.2) is 71.7 Å². The molecular weight excluding hydrogens is 413 g/mol. The van der Waals surface area contributed by atoms with E-state index >= 15 is 0 Å². The average Bonchev–Trinajstić information content (AvgIpc) is 2.77. The molecule has 3 rings (SSSR count). The maximum Gasteiger partial charge on any atom is 0.458 e. The van der Waals surface area contributed by atoms with Gasteiger partial charge in [0, 0.05) is 28.3 Å². The zero-order chi connectivity index (χ0) is 23.3. The Hall–Kier alpha value is -3.56. The molecule has 1 unspecified atom stereocenters. The zero-order valence-corrected chi connectivity index (χ0v) is 18.0. The van der Waals surface area contributed by atoms with Crippen molar-refractivity contribution in [3.8, 4) is 28.7 Å². The minimum Gasteiger partial charge on any atom is -0.496 e. The Morgan fingerprint density at radius 1 is 1.00 bits per heavy atom. The van der Waals surface area contributed by atoms with Crippen LogP contribution in [0.5, 0.6) is 5.75 Å². The first-order chi connectivity index (χ1) is 15.2. The number of aliphatic imine (C=N–C) groups is 1. The maximum absolute atomic E-state index is 12.5. The van der Waals surface area contributed by atoms with Gasteiger partial charge in [0.15, 0.2) is 0 Å². The number of hydrogen-bond donors (Lipinski definition) is 1. The largest absolute Gasteiger partial charge is 0.496 e. The first-order valence-corrected chi connectivity index (χ1v) is 9.93. The van der Waals surface area contributed by atoms with E-state index in [1.165, 1.54) is 12.0 Å². The van der Waals surface area contributed by atoms with Crippen LogP contribution in [0.1, 0.15) is 35.3 Å². The summed E-state index contributed by atoms with van der Waals surface area (Å²) in [6.07, 6.45) is -5.42. The molecule has 0 heterocycles. The molecule has 0 amide bonds.